The summed E-state index contributed by atoms with van der Waals surface area (Å²) >= 11 is 6.36. The van der Waals surface area contributed by atoms with Gasteiger partial charge in [-0.15, -0.1) is 0 Å². The second-order valence-corrected chi connectivity index (χ2v) is 9.76. The summed E-state index contributed by atoms with van der Waals surface area (Å²) in [7, 11) is 0. The van der Waals surface area contributed by atoms with E-state index in [1.165, 1.54) is 0 Å². The molecule has 162 valence electrons. The number of amides is 1. The lowest BCUT2D eigenvalue weighted by molar-refractivity contribution is -0.123. The van der Waals surface area contributed by atoms with Crippen LogP contribution in [0.1, 0.15) is 74.4 Å². The molecule has 0 spiro atoms. The van der Waals surface area contributed by atoms with Crippen molar-refractivity contribution in [1.29, 1.82) is 0 Å². The molecule has 0 radical (unpaired) electrons. The van der Waals surface area contributed by atoms with Gasteiger partial charge in [0.25, 0.3) is 5.91 Å². The van der Waals surface area contributed by atoms with Crippen LogP contribution in [0, 0.1) is 12.3 Å². The fourth-order valence-corrected chi connectivity index (χ4v) is 4.70. The van der Waals surface area contributed by atoms with Gasteiger partial charge in [-0.25, -0.2) is 0 Å². The molecule has 1 amide bonds. The molecule has 3 rings (SSSR count). The normalized spacial score (nSPS) is 23.7. The first-order chi connectivity index (χ1) is 14.0. The van der Waals surface area contributed by atoms with Crippen LogP contribution in [0.15, 0.2) is 35.1 Å². The first-order valence-electron chi connectivity index (χ1n) is 10.4. The summed E-state index contributed by atoms with van der Waals surface area (Å²) in [6.45, 7) is 10.2. The molecule has 6 heteroatoms. The lowest BCUT2D eigenvalue weighted by Gasteiger charge is -2.35. The molecule has 2 aliphatic rings. The van der Waals surface area contributed by atoms with Crippen LogP contribution in [0.25, 0.3) is 0 Å². The van der Waals surface area contributed by atoms with Gasteiger partial charge in [0.2, 0.25) is 0 Å². The van der Waals surface area contributed by atoms with Gasteiger partial charge in [-0.2, -0.15) is 0 Å². The Morgan fingerprint density at radius 3 is 2.67 bits per heavy atom. The van der Waals surface area contributed by atoms with E-state index in [2.05, 4.69) is 24.5 Å². The van der Waals surface area contributed by atoms with E-state index in [0.29, 0.717) is 17.0 Å². The second-order valence-electron chi connectivity index (χ2n) is 9.32. The molecule has 0 saturated heterocycles. The summed E-state index contributed by atoms with van der Waals surface area (Å²) in [5.41, 5.74) is 4.71. The maximum Gasteiger partial charge on any atom is 0.251 e. The molecule has 1 aromatic carbocycles. The SMILES string of the molecule is CC1=CC(C)=C(CNC(=O)c2cc(Cl)cc(C3CC(C)(C)CCC3=O)c2C)C(O)N1. The minimum Gasteiger partial charge on any atom is -0.370 e. The number of allylic oxidation sites excluding steroid dienone is 3. The quantitative estimate of drug-likeness (QED) is 0.662. The number of halogens is 1. The summed E-state index contributed by atoms with van der Waals surface area (Å²) < 4.78 is 0. The van der Waals surface area contributed by atoms with Gasteiger partial charge in [-0.3, -0.25) is 9.59 Å². The van der Waals surface area contributed by atoms with Crippen LogP contribution in [0.2, 0.25) is 5.02 Å². The van der Waals surface area contributed by atoms with E-state index in [1.54, 1.807) is 6.07 Å². The van der Waals surface area contributed by atoms with Crippen LogP contribution < -0.4 is 10.6 Å². The van der Waals surface area contributed by atoms with Crippen molar-refractivity contribution in [3.05, 3.63) is 56.8 Å². The van der Waals surface area contributed by atoms with E-state index in [1.807, 2.05) is 32.9 Å². The van der Waals surface area contributed by atoms with Gasteiger partial charge in [0.15, 0.2) is 0 Å². The second kappa shape index (κ2) is 8.56. The first-order valence-corrected chi connectivity index (χ1v) is 10.8. The lowest BCUT2D eigenvalue weighted by atomic mass is 9.68. The minimum atomic E-state index is -0.826. The number of ketones is 1. The third-order valence-corrected chi connectivity index (χ3v) is 6.52. The summed E-state index contributed by atoms with van der Waals surface area (Å²) in [5, 5.41) is 16.6. The largest absolute Gasteiger partial charge is 0.370 e. The molecule has 0 aromatic heterocycles. The van der Waals surface area contributed by atoms with E-state index >= 15 is 0 Å². The van der Waals surface area contributed by atoms with Gasteiger partial charge in [0.05, 0.1) is 0 Å². The first kappa shape index (κ1) is 22.6. The van der Waals surface area contributed by atoms with E-state index in [0.717, 1.165) is 40.8 Å². The number of hydrogen-bond acceptors (Lipinski definition) is 4. The van der Waals surface area contributed by atoms with Crippen molar-refractivity contribution in [2.75, 3.05) is 6.54 Å². The van der Waals surface area contributed by atoms with Gasteiger partial charge in [0.1, 0.15) is 12.0 Å². The summed E-state index contributed by atoms with van der Waals surface area (Å²) in [6.07, 6.45) is 3.30. The van der Waals surface area contributed by atoms with Gasteiger partial charge < -0.3 is 15.7 Å². The Morgan fingerprint density at radius 1 is 1.30 bits per heavy atom. The van der Waals surface area contributed by atoms with Crippen molar-refractivity contribution < 1.29 is 14.7 Å². The molecule has 1 saturated carbocycles. The summed E-state index contributed by atoms with van der Waals surface area (Å²) in [4.78, 5) is 25.7. The third-order valence-electron chi connectivity index (χ3n) is 6.30. The molecule has 1 fully saturated rings. The fraction of sp³-hybridized carbons (Fsp3) is 0.500. The predicted molar refractivity (Wildman–Crippen MR) is 120 cm³/mol. The maximum absolute atomic E-state index is 13.0. The Hall–Kier alpha value is -2.11. The molecule has 0 bridgehead atoms. The number of aliphatic hydroxyl groups is 1. The average Bonchev–Trinajstić information content (AvgIpc) is 2.64. The van der Waals surface area contributed by atoms with Gasteiger partial charge in [-0.05, 0) is 73.9 Å². The Labute approximate surface area is 183 Å². The molecule has 5 nitrogen and oxygen atoms in total. The molecule has 2 atom stereocenters. The van der Waals surface area contributed by atoms with Crippen LogP contribution in [0.3, 0.4) is 0 Å². The van der Waals surface area contributed by atoms with Crippen molar-refractivity contribution in [3.8, 4) is 0 Å². The van der Waals surface area contributed by atoms with Crippen molar-refractivity contribution in [2.24, 2.45) is 5.41 Å². The summed E-state index contributed by atoms with van der Waals surface area (Å²) in [5.74, 6) is -0.288. The number of nitrogens with one attached hydrogen (secondary N) is 2. The number of dihydropyridines is 1. The Balaban J connectivity index is 1.85. The molecule has 2 unspecified atom stereocenters. The van der Waals surface area contributed by atoms with E-state index in [9.17, 15) is 14.7 Å². The molecule has 1 heterocycles. The molecule has 3 N–H and O–H groups in total. The predicted octanol–water partition coefficient (Wildman–Crippen LogP) is 4.38. The van der Waals surface area contributed by atoms with Crippen molar-refractivity contribution in [1.82, 2.24) is 10.6 Å². The third kappa shape index (κ3) is 4.79. The standard InChI is InChI=1S/C24H31ClN2O3/c1-13-8-14(2)27-23(30)20(13)12-26-22(29)18-10-16(25)9-17(15(18)3)19-11-24(4,5)7-6-21(19)28/h8-10,19,23,27,30H,6-7,11-12H2,1-5H3,(H,26,29). The zero-order chi connectivity index (χ0) is 22.2. The van der Waals surface area contributed by atoms with Crippen LogP contribution in [0.5, 0.6) is 0 Å². The number of rotatable bonds is 4. The molecule has 1 aromatic rings. The number of Topliss-reactive ketones (excluding diaryl/α,β-unsaturated/α-hetero) is 1. The Bertz CT molecular complexity index is 946. The topological polar surface area (TPSA) is 78.4 Å². The highest BCUT2D eigenvalue weighted by Gasteiger charge is 2.36. The van der Waals surface area contributed by atoms with Gasteiger partial charge >= 0.3 is 0 Å². The molecule has 30 heavy (non-hydrogen) atoms. The number of aliphatic hydroxyl groups excluding tert-OH is 1. The molecule has 1 aliphatic heterocycles. The number of hydrogen-bond donors (Lipinski definition) is 3. The molecular formula is C24H31ClN2O3. The van der Waals surface area contributed by atoms with Crippen LogP contribution in [-0.4, -0.2) is 29.6 Å². The average molecular weight is 431 g/mol. The monoisotopic (exact) mass is 430 g/mol. The van der Waals surface area contributed by atoms with Crippen LogP contribution in [-0.2, 0) is 4.79 Å². The number of carbonyl (C=O) groups excluding carboxylic acids is 2. The van der Waals surface area contributed by atoms with Crippen LogP contribution >= 0.6 is 11.6 Å². The van der Waals surface area contributed by atoms with Crippen LogP contribution in [0.4, 0.5) is 0 Å². The zero-order valence-electron chi connectivity index (χ0n) is 18.4. The van der Waals surface area contributed by atoms with Crippen molar-refractivity contribution in [2.45, 2.75) is 66.0 Å². The van der Waals surface area contributed by atoms with Crippen molar-refractivity contribution in [3.63, 3.8) is 0 Å². The minimum absolute atomic E-state index is 0.0789. The number of carbonyl (C=O) groups is 2. The highest BCUT2D eigenvalue weighted by Crippen LogP contribution is 2.43. The van der Waals surface area contributed by atoms with E-state index in [-0.39, 0.29) is 29.6 Å². The van der Waals surface area contributed by atoms with Gasteiger partial charge in [0, 0.05) is 40.7 Å². The van der Waals surface area contributed by atoms with E-state index in [4.69, 9.17) is 11.6 Å². The number of benzene rings is 1. The lowest BCUT2D eigenvalue weighted by Crippen LogP contribution is -2.38. The highest BCUT2D eigenvalue weighted by molar-refractivity contribution is 6.31. The smallest absolute Gasteiger partial charge is 0.251 e. The fourth-order valence-electron chi connectivity index (χ4n) is 4.47. The van der Waals surface area contributed by atoms with Crippen molar-refractivity contribution >= 4 is 23.3 Å². The zero-order valence-corrected chi connectivity index (χ0v) is 19.1. The summed E-state index contributed by atoms with van der Waals surface area (Å²) in [6, 6.07) is 3.47. The molecule has 1 aliphatic carbocycles. The highest BCUT2D eigenvalue weighted by atomic mass is 35.5. The van der Waals surface area contributed by atoms with E-state index < -0.39 is 6.23 Å². The Morgan fingerprint density at radius 2 is 2.00 bits per heavy atom. The Kier molecular flexibility index (Phi) is 6.44. The van der Waals surface area contributed by atoms with Gasteiger partial charge in [-0.1, -0.05) is 25.4 Å². The molecular weight excluding hydrogens is 400 g/mol. The maximum atomic E-state index is 13.0.